The van der Waals surface area contributed by atoms with Gasteiger partial charge in [0.1, 0.15) is 17.7 Å². The fourth-order valence-electron chi connectivity index (χ4n) is 3.82. The molecule has 2 aromatic carbocycles. The van der Waals surface area contributed by atoms with Crippen LogP contribution in [0, 0.1) is 6.92 Å². The minimum absolute atomic E-state index is 0.156. The molecule has 1 fully saturated rings. The Morgan fingerprint density at radius 3 is 2.37 bits per heavy atom. The molecule has 2 aromatic heterocycles. The summed E-state index contributed by atoms with van der Waals surface area (Å²) in [6.45, 7) is 1.97. The Balaban J connectivity index is 1.71. The second-order valence-corrected chi connectivity index (χ2v) is 7.32. The van der Waals surface area contributed by atoms with Crippen LogP contribution in [0.5, 0.6) is 0 Å². The molecule has 5 heteroatoms. The van der Waals surface area contributed by atoms with E-state index in [1.165, 1.54) is 12.0 Å². The molecular formula is C22H21N5. The highest BCUT2D eigenvalue weighted by Gasteiger charge is 2.34. The topological polar surface area (TPSA) is 69.6 Å². The molecule has 0 spiro atoms. The largest absolute Gasteiger partial charge is 0.321 e. The van der Waals surface area contributed by atoms with Crippen LogP contribution in [0.25, 0.3) is 28.2 Å². The maximum atomic E-state index is 6.48. The van der Waals surface area contributed by atoms with Crippen LogP contribution in [0.3, 0.4) is 0 Å². The molecule has 1 aliphatic rings. The molecule has 0 unspecified atom stereocenters. The van der Waals surface area contributed by atoms with Crippen molar-refractivity contribution in [1.29, 1.82) is 0 Å². The predicted octanol–water partition coefficient (Wildman–Crippen LogP) is 4.13. The molecule has 0 atom stereocenters. The van der Waals surface area contributed by atoms with Crippen molar-refractivity contribution in [2.45, 2.75) is 31.7 Å². The van der Waals surface area contributed by atoms with Gasteiger partial charge in [0.2, 0.25) is 0 Å². The second-order valence-electron chi connectivity index (χ2n) is 7.32. The van der Waals surface area contributed by atoms with Gasteiger partial charge in [-0.05, 0) is 43.9 Å². The number of fused-ring (bicyclic) bond motifs is 1. The number of nitrogens with zero attached hydrogens (tertiary/aromatic N) is 4. The van der Waals surface area contributed by atoms with Gasteiger partial charge in [-0.3, -0.25) is 4.57 Å². The predicted molar refractivity (Wildman–Crippen MR) is 107 cm³/mol. The first-order valence-corrected chi connectivity index (χ1v) is 9.31. The lowest BCUT2D eigenvalue weighted by Crippen LogP contribution is -2.43. The number of imidazole rings is 1. The first-order valence-electron chi connectivity index (χ1n) is 9.31. The van der Waals surface area contributed by atoms with Gasteiger partial charge >= 0.3 is 0 Å². The molecule has 4 aromatic rings. The molecule has 0 saturated heterocycles. The maximum absolute atomic E-state index is 6.48. The zero-order valence-corrected chi connectivity index (χ0v) is 15.3. The van der Waals surface area contributed by atoms with Crippen molar-refractivity contribution >= 4 is 11.2 Å². The van der Waals surface area contributed by atoms with E-state index in [4.69, 9.17) is 10.7 Å². The quantitative estimate of drug-likeness (QED) is 0.600. The molecule has 0 aliphatic heterocycles. The second kappa shape index (κ2) is 5.99. The molecule has 27 heavy (non-hydrogen) atoms. The van der Waals surface area contributed by atoms with Crippen LogP contribution in [0.2, 0.25) is 0 Å². The summed E-state index contributed by atoms with van der Waals surface area (Å²) in [6, 6.07) is 18.7. The summed E-state index contributed by atoms with van der Waals surface area (Å²) in [5.74, 6) is 0.869. The van der Waals surface area contributed by atoms with E-state index in [2.05, 4.69) is 50.9 Å². The third-order valence-electron chi connectivity index (χ3n) is 5.61. The van der Waals surface area contributed by atoms with E-state index >= 15 is 0 Å². The average Bonchev–Trinajstić information content (AvgIpc) is 3.08. The summed E-state index contributed by atoms with van der Waals surface area (Å²) in [6.07, 6.45) is 4.92. The lowest BCUT2D eigenvalue weighted by Gasteiger charge is -2.38. The van der Waals surface area contributed by atoms with Crippen LogP contribution >= 0.6 is 0 Å². The van der Waals surface area contributed by atoms with Crippen LogP contribution in [0.1, 0.15) is 30.5 Å². The Morgan fingerprint density at radius 1 is 0.963 bits per heavy atom. The molecule has 2 N–H and O–H groups in total. The SMILES string of the molecule is Cc1ncnc2c1nc(-c1ccccc1)n2-c1ccc(C2(N)CCC2)cc1. The number of hydrogen-bond donors (Lipinski definition) is 1. The lowest BCUT2D eigenvalue weighted by atomic mass is 9.73. The monoisotopic (exact) mass is 355 g/mol. The van der Waals surface area contributed by atoms with Crippen LogP contribution in [-0.4, -0.2) is 19.5 Å². The molecule has 5 rings (SSSR count). The molecule has 1 saturated carbocycles. The zero-order chi connectivity index (χ0) is 18.4. The van der Waals surface area contributed by atoms with Gasteiger partial charge < -0.3 is 5.73 Å². The highest BCUT2D eigenvalue weighted by molar-refractivity contribution is 5.81. The van der Waals surface area contributed by atoms with E-state index in [1.54, 1.807) is 6.33 Å². The van der Waals surface area contributed by atoms with Crippen molar-refractivity contribution in [3.05, 3.63) is 72.2 Å². The lowest BCUT2D eigenvalue weighted by molar-refractivity contribution is 0.253. The Labute approximate surface area is 157 Å². The summed E-state index contributed by atoms with van der Waals surface area (Å²) in [7, 11) is 0. The van der Waals surface area contributed by atoms with Gasteiger partial charge in [0.25, 0.3) is 0 Å². The van der Waals surface area contributed by atoms with Crippen molar-refractivity contribution in [1.82, 2.24) is 19.5 Å². The van der Waals surface area contributed by atoms with Crippen molar-refractivity contribution in [3.8, 4) is 17.1 Å². The first-order chi connectivity index (χ1) is 13.2. The van der Waals surface area contributed by atoms with Crippen molar-refractivity contribution < 1.29 is 0 Å². The van der Waals surface area contributed by atoms with Gasteiger partial charge in [-0.25, -0.2) is 15.0 Å². The van der Waals surface area contributed by atoms with Crippen LogP contribution in [0.15, 0.2) is 60.9 Å². The molecular weight excluding hydrogens is 334 g/mol. The van der Waals surface area contributed by atoms with Crippen molar-refractivity contribution in [3.63, 3.8) is 0 Å². The standard InChI is InChI=1S/C22H21N5/c1-15-19-21(25-14-24-15)27(20(26-19)16-6-3-2-4-7-16)18-10-8-17(9-11-18)22(23)12-5-13-22/h2-4,6-11,14H,5,12-13,23H2,1H3. The summed E-state index contributed by atoms with van der Waals surface area (Å²) >= 11 is 0. The fraction of sp³-hybridized carbons (Fsp3) is 0.227. The number of rotatable bonds is 3. The Bertz CT molecular complexity index is 1110. The Kier molecular flexibility index (Phi) is 3.58. The first kappa shape index (κ1) is 16.1. The summed E-state index contributed by atoms with van der Waals surface area (Å²) in [5, 5.41) is 0. The summed E-state index contributed by atoms with van der Waals surface area (Å²) < 4.78 is 2.10. The van der Waals surface area contributed by atoms with Gasteiger partial charge in [0, 0.05) is 16.8 Å². The normalized spacial score (nSPS) is 15.6. The molecule has 2 heterocycles. The van der Waals surface area contributed by atoms with Crippen LogP contribution < -0.4 is 5.73 Å². The van der Waals surface area contributed by atoms with Crippen LogP contribution in [-0.2, 0) is 5.54 Å². The van der Waals surface area contributed by atoms with E-state index in [9.17, 15) is 0 Å². The van der Waals surface area contributed by atoms with Gasteiger partial charge in [0.15, 0.2) is 5.65 Å². The van der Waals surface area contributed by atoms with Gasteiger partial charge in [-0.15, -0.1) is 0 Å². The number of aryl methyl sites for hydroxylation is 1. The molecule has 0 radical (unpaired) electrons. The molecule has 1 aliphatic carbocycles. The number of nitrogens with two attached hydrogens (primary N) is 1. The molecule has 134 valence electrons. The van der Waals surface area contributed by atoms with Crippen molar-refractivity contribution in [2.24, 2.45) is 5.73 Å². The minimum Gasteiger partial charge on any atom is -0.321 e. The van der Waals surface area contributed by atoms with Crippen LogP contribution in [0.4, 0.5) is 0 Å². The maximum Gasteiger partial charge on any atom is 0.168 e. The summed E-state index contributed by atoms with van der Waals surface area (Å²) in [4.78, 5) is 13.7. The highest BCUT2D eigenvalue weighted by Crippen LogP contribution is 2.39. The van der Waals surface area contributed by atoms with Crippen molar-refractivity contribution in [2.75, 3.05) is 0 Å². The van der Waals surface area contributed by atoms with E-state index in [0.29, 0.717) is 0 Å². The molecule has 0 amide bonds. The highest BCUT2D eigenvalue weighted by atomic mass is 15.1. The molecule has 5 nitrogen and oxygen atoms in total. The smallest absolute Gasteiger partial charge is 0.168 e. The zero-order valence-electron chi connectivity index (χ0n) is 15.3. The van der Waals surface area contributed by atoms with E-state index < -0.39 is 0 Å². The summed E-state index contributed by atoms with van der Waals surface area (Å²) in [5.41, 5.74) is 12.1. The fourth-order valence-corrected chi connectivity index (χ4v) is 3.82. The average molecular weight is 355 g/mol. The number of benzene rings is 2. The minimum atomic E-state index is -0.156. The number of aromatic nitrogens is 4. The third-order valence-corrected chi connectivity index (χ3v) is 5.61. The Hall–Kier alpha value is -3.05. The third kappa shape index (κ3) is 2.54. The Morgan fingerprint density at radius 2 is 1.70 bits per heavy atom. The van der Waals surface area contributed by atoms with Gasteiger partial charge in [0.05, 0.1) is 5.69 Å². The van der Waals surface area contributed by atoms with Gasteiger partial charge in [-0.1, -0.05) is 42.5 Å². The molecule has 0 bridgehead atoms. The van der Waals surface area contributed by atoms with E-state index in [1.807, 2.05) is 25.1 Å². The van der Waals surface area contributed by atoms with E-state index in [0.717, 1.165) is 46.8 Å². The van der Waals surface area contributed by atoms with E-state index in [-0.39, 0.29) is 5.54 Å². The number of hydrogen-bond acceptors (Lipinski definition) is 4. The van der Waals surface area contributed by atoms with Gasteiger partial charge in [-0.2, -0.15) is 0 Å².